The summed E-state index contributed by atoms with van der Waals surface area (Å²) in [7, 11) is -3.30. The molecule has 0 aromatic carbocycles. The lowest BCUT2D eigenvalue weighted by Crippen LogP contribution is -2.45. The minimum atomic E-state index is -1.65. The third-order valence-electron chi connectivity index (χ3n) is 2.72. The molecular weight excluding hydrogens is 240 g/mol. The zero-order valence-electron chi connectivity index (χ0n) is 12.1. The van der Waals surface area contributed by atoms with Crippen molar-refractivity contribution in [3.05, 3.63) is 0 Å². The second-order valence-electron chi connectivity index (χ2n) is 6.17. The molecule has 0 aliphatic heterocycles. The minimum absolute atomic E-state index is 0.312. The van der Waals surface area contributed by atoms with Crippen LogP contribution in [0.4, 0.5) is 0 Å². The molecule has 0 saturated heterocycles. The number of rotatable bonds is 6. The normalized spacial score (nSPS) is 15.8. The molecule has 0 heterocycles. The molecule has 0 spiro atoms. The van der Waals surface area contributed by atoms with Crippen molar-refractivity contribution < 1.29 is 4.12 Å². The molecule has 1 nitrogen and oxygen atoms in total. The summed E-state index contributed by atoms with van der Waals surface area (Å²) in [5.41, 5.74) is 0. The predicted octanol–water partition coefficient (Wildman–Crippen LogP) is 3.95. The fraction of sp³-hybridized carbons (Fsp3) is 0.714. The van der Waals surface area contributed by atoms with Crippen LogP contribution in [0.1, 0.15) is 13.8 Å². The third kappa shape index (κ3) is 7.44. The molecule has 0 radical (unpaired) electrons. The van der Waals surface area contributed by atoms with Crippen LogP contribution in [-0.4, -0.2) is 16.6 Å². The van der Waals surface area contributed by atoms with Crippen LogP contribution in [-0.2, 0) is 4.12 Å². The van der Waals surface area contributed by atoms with Crippen molar-refractivity contribution in [2.45, 2.75) is 52.1 Å². The molecule has 17 heavy (non-hydrogen) atoms. The van der Waals surface area contributed by atoms with E-state index in [1.54, 1.807) is 0 Å². The van der Waals surface area contributed by atoms with Crippen LogP contribution >= 0.6 is 0 Å². The molecule has 0 amide bonds. The molecule has 0 fully saturated rings. The SMILES string of the molecule is C#CC(C)C[Si](C)(C)O[Si](C)(C)CC(C)C#C. The van der Waals surface area contributed by atoms with Gasteiger partial charge in [0, 0.05) is 11.8 Å². The summed E-state index contributed by atoms with van der Waals surface area (Å²) in [6.45, 7) is 13.2. The Morgan fingerprint density at radius 1 is 0.882 bits per heavy atom. The van der Waals surface area contributed by atoms with Crippen LogP contribution < -0.4 is 0 Å². The number of hydrogen-bond acceptors (Lipinski definition) is 1. The van der Waals surface area contributed by atoms with Crippen LogP contribution in [0, 0.1) is 36.5 Å². The average molecular weight is 267 g/mol. The standard InChI is InChI=1S/C14H26OSi2/c1-9-13(3)11-16(5,6)15-17(7,8)12-14(4)10-2/h1-2,13-14H,11-12H2,3-8H3. The van der Waals surface area contributed by atoms with Gasteiger partial charge in [-0.1, -0.05) is 13.8 Å². The fourth-order valence-electron chi connectivity index (χ4n) is 2.42. The van der Waals surface area contributed by atoms with Gasteiger partial charge in [0.2, 0.25) is 0 Å². The first kappa shape index (κ1) is 16.5. The van der Waals surface area contributed by atoms with Gasteiger partial charge in [-0.25, -0.2) is 0 Å². The Kier molecular flexibility index (Phi) is 6.26. The molecule has 0 aromatic heterocycles. The molecule has 2 unspecified atom stereocenters. The molecule has 2 atom stereocenters. The van der Waals surface area contributed by atoms with E-state index >= 15 is 0 Å². The van der Waals surface area contributed by atoms with Crippen molar-refractivity contribution in [2.24, 2.45) is 11.8 Å². The molecule has 0 aromatic rings. The van der Waals surface area contributed by atoms with E-state index in [9.17, 15) is 0 Å². The highest BCUT2D eigenvalue weighted by Crippen LogP contribution is 2.26. The van der Waals surface area contributed by atoms with E-state index in [0.717, 1.165) is 12.1 Å². The maximum atomic E-state index is 6.46. The Morgan fingerprint density at radius 2 is 1.18 bits per heavy atom. The van der Waals surface area contributed by atoms with Crippen LogP contribution in [0.2, 0.25) is 38.3 Å². The van der Waals surface area contributed by atoms with Crippen LogP contribution in [0.5, 0.6) is 0 Å². The van der Waals surface area contributed by atoms with E-state index < -0.39 is 16.6 Å². The lowest BCUT2D eigenvalue weighted by atomic mass is 10.2. The molecule has 0 saturated carbocycles. The number of hydrogen-bond donors (Lipinski definition) is 0. The van der Waals surface area contributed by atoms with E-state index in [2.05, 4.69) is 51.9 Å². The van der Waals surface area contributed by atoms with Gasteiger partial charge >= 0.3 is 0 Å². The van der Waals surface area contributed by atoms with Gasteiger partial charge < -0.3 is 4.12 Å². The molecule has 3 heteroatoms. The summed E-state index contributed by atoms with van der Waals surface area (Å²) < 4.78 is 6.46. The third-order valence-corrected chi connectivity index (χ3v) is 10.3. The van der Waals surface area contributed by atoms with Crippen molar-refractivity contribution in [3.8, 4) is 24.7 Å². The topological polar surface area (TPSA) is 9.23 Å². The lowest BCUT2D eigenvalue weighted by Gasteiger charge is -2.35. The quantitative estimate of drug-likeness (QED) is 0.522. The summed E-state index contributed by atoms with van der Waals surface area (Å²) in [5, 5.41) is 0. The first-order valence-electron chi connectivity index (χ1n) is 6.24. The van der Waals surface area contributed by atoms with Crippen molar-refractivity contribution in [1.82, 2.24) is 0 Å². The molecule has 0 aliphatic rings. The van der Waals surface area contributed by atoms with Crippen molar-refractivity contribution in [2.75, 3.05) is 0 Å². The first-order valence-corrected chi connectivity index (χ1v) is 12.5. The zero-order chi connectivity index (χ0) is 13.7. The van der Waals surface area contributed by atoms with Gasteiger partial charge in [-0.15, -0.1) is 24.7 Å². The van der Waals surface area contributed by atoms with Crippen molar-refractivity contribution in [3.63, 3.8) is 0 Å². The maximum Gasteiger partial charge on any atom is 0.174 e. The Hall–Kier alpha value is -0.486. The average Bonchev–Trinajstić information content (AvgIpc) is 2.13. The highest BCUT2D eigenvalue weighted by atomic mass is 28.4. The van der Waals surface area contributed by atoms with E-state index in [1.807, 2.05) is 0 Å². The molecule has 96 valence electrons. The minimum Gasteiger partial charge on any atom is -0.455 e. The Morgan fingerprint density at radius 3 is 1.41 bits per heavy atom. The smallest absolute Gasteiger partial charge is 0.174 e. The Balaban J connectivity index is 4.49. The second-order valence-corrected chi connectivity index (χ2v) is 14.8. The fourth-order valence-corrected chi connectivity index (χ4v) is 12.3. The monoisotopic (exact) mass is 266 g/mol. The molecule has 0 rings (SSSR count). The zero-order valence-corrected chi connectivity index (χ0v) is 14.1. The maximum absolute atomic E-state index is 6.46. The summed E-state index contributed by atoms with van der Waals surface area (Å²) >= 11 is 0. The Bertz CT molecular complexity index is 288. The van der Waals surface area contributed by atoms with Crippen molar-refractivity contribution in [1.29, 1.82) is 0 Å². The highest BCUT2D eigenvalue weighted by Gasteiger charge is 2.34. The van der Waals surface area contributed by atoms with Gasteiger partial charge in [0.15, 0.2) is 16.6 Å². The van der Waals surface area contributed by atoms with Gasteiger partial charge in [0.25, 0.3) is 0 Å². The van der Waals surface area contributed by atoms with Gasteiger partial charge in [0.05, 0.1) is 0 Å². The second kappa shape index (κ2) is 6.45. The van der Waals surface area contributed by atoms with Crippen LogP contribution in [0.25, 0.3) is 0 Å². The van der Waals surface area contributed by atoms with Crippen molar-refractivity contribution >= 4 is 16.6 Å². The largest absolute Gasteiger partial charge is 0.455 e. The predicted molar refractivity (Wildman–Crippen MR) is 81.7 cm³/mol. The summed E-state index contributed by atoms with van der Waals surface area (Å²) in [6, 6.07) is 2.06. The van der Waals surface area contributed by atoms with Gasteiger partial charge in [-0.05, 0) is 38.3 Å². The summed E-state index contributed by atoms with van der Waals surface area (Å²) in [6.07, 6.45) is 10.9. The van der Waals surface area contributed by atoms with E-state index in [1.165, 1.54) is 0 Å². The summed E-state index contributed by atoms with van der Waals surface area (Å²) in [4.78, 5) is 0. The van der Waals surface area contributed by atoms with E-state index in [0.29, 0.717) is 11.8 Å². The van der Waals surface area contributed by atoms with Gasteiger partial charge in [-0.2, -0.15) is 0 Å². The lowest BCUT2D eigenvalue weighted by molar-refractivity contribution is 0.520. The Labute approximate surface area is 110 Å². The number of terminal acetylenes is 2. The van der Waals surface area contributed by atoms with E-state index in [4.69, 9.17) is 17.0 Å². The summed E-state index contributed by atoms with van der Waals surface area (Å²) in [5.74, 6) is 6.22. The van der Waals surface area contributed by atoms with Gasteiger partial charge in [-0.3, -0.25) is 0 Å². The molecular formula is C14H26OSi2. The molecule has 0 N–H and O–H groups in total. The van der Waals surface area contributed by atoms with E-state index in [-0.39, 0.29) is 0 Å². The molecule has 0 bridgehead atoms. The van der Waals surface area contributed by atoms with Gasteiger partial charge in [0.1, 0.15) is 0 Å². The first-order chi connectivity index (χ1) is 7.62. The molecule has 0 aliphatic carbocycles. The van der Waals surface area contributed by atoms with Crippen LogP contribution in [0.3, 0.4) is 0 Å². The van der Waals surface area contributed by atoms with Crippen LogP contribution in [0.15, 0.2) is 0 Å². The highest BCUT2D eigenvalue weighted by molar-refractivity contribution is 6.84.